The van der Waals surface area contributed by atoms with Crippen molar-refractivity contribution < 1.29 is 23.9 Å². The number of hydrogen-bond donors (Lipinski definition) is 0. The molecule has 0 aromatic rings. The van der Waals surface area contributed by atoms with Crippen molar-refractivity contribution in [3.05, 3.63) is 22.8 Å². The van der Waals surface area contributed by atoms with Crippen LogP contribution in [0.1, 0.15) is 60.3 Å². The van der Waals surface area contributed by atoms with Crippen molar-refractivity contribution in [2.24, 2.45) is 22.7 Å². The first-order valence-corrected chi connectivity index (χ1v) is 9.91. The van der Waals surface area contributed by atoms with Crippen LogP contribution in [0.4, 0.5) is 0 Å². The molecule has 0 saturated heterocycles. The average Bonchev–Trinajstić information content (AvgIpc) is 2.82. The first-order chi connectivity index (χ1) is 12.6. The lowest BCUT2D eigenvalue weighted by Gasteiger charge is -2.59. The molecule has 0 aromatic heterocycles. The zero-order valence-electron chi connectivity index (χ0n) is 16.8. The van der Waals surface area contributed by atoms with E-state index >= 15 is 0 Å². The van der Waals surface area contributed by atoms with Crippen molar-refractivity contribution in [2.45, 2.75) is 72.5 Å². The van der Waals surface area contributed by atoms with Crippen molar-refractivity contribution >= 4 is 17.7 Å². The standard InChI is InChI=1S/C22H28O5/c1-11-17-15(27-20(11)25)10-14-13(18(17)24)9-16(26-12(2)23)19-21(3,4)7-6-8-22(14,19)5/h9,14-16,19H,6-8,10H2,1-5H3/t14-,15-,16+,19-,22+/m1/s1. The molecule has 1 heterocycles. The highest BCUT2D eigenvalue weighted by Crippen LogP contribution is 2.63. The average molecular weight is 372 g/mol. The highest BCUT2D eigenvalue weighted by molar-refractivity contribution is 6.16. The van der Waals surface area contributed by atoms with Gasteiger partial charge in [0.15, 0.2) is 5.78 Å². The van der Waals surface area contributed by atoms with Gasteiger partial charge in [-0.3, -0.25) is 9.59 Å². The van der Waals surface area contributed by atoms with E-state index in [2.05, 4.69) is 20.8 Å². The number of hydrogen-bond acceptors (Lipinski definition) is 5. The smallest absolute Gasteiger partial charge is 0.334 e. The predicted molar refractivity (Wildman–Crippen MR) is 98.6 cm³/mol. The summed E-state index contributed by atoms with van der Waals surface area (Å²) in [5.41, 5.74) is 1.46. The van der Waals surface area contributed by atoms with Crippen LogP contribution in [0.25, 0.3) is 0 Å². The number of rotatable bonds is 1. The molecule has 3 aliphatic carbocycles. The van der Waals surface area contributed by atoms with Gasteiger partial charge in [0.25, 0.3) is 0 Å². The van der Waals surface area contributed by atoms with Gasteiger partial charge in [-0.05, 0) is 49.0 Å². The van der Waals surface area contributed by atoms with Gasteiger partial charge in [0, 0.05) is 24.0 Å². The molecule has 5 heteroatoms. The van der Waals surface area contributed by atoms with E-state index < -0.39 is 12.2 Å². The molecule has 146 valence electrons. The molecule has 4 aliphatic rings. The van der Waals surface area contributed by atoms with Crippen molar-refractivity contribution in [3.8, 4) is 0 Å². The topological polar surface area (TPSA) is 69.7 Å². The number of fused-ring (bicyclic) bond motifs is 4. The first-order valence-electron chi connectivity index (χ1n) is 9.91. The molecule has 0 unspecified atom stereocenters. The number of carbonyl (C=O) groups excluding carboxylic acids is 3. The highest BCUT2D eigenvalue weighted by Gasteiger charge is 2.60. The number of allylic oxidation sites excluding steroid dienone is 1. The first kappa shape index (κ1) is 18.5. The Hall–Kier alpha value is -1.91. The molecule has 4 rings (SSSR count). The zero-order chi connectivity index (χ0) is 19.7. The van der Waals surface area contributed by atoms with Crippen LogP contribution in [0, 0.1) is 22.7 Å². The summed E-state index contributed by atoms with van der Waals surface area (Å²) >= 11 is 0. The van der Waals surface area contributed by atoms with Crippen LogP contribution in [0.2, 0.25) is 0 Å². The summed E-state index contributed by atoms with van der Waals surface area (Å²) < 4.78 is 11.3. The van der Waals surface area contributed by atoms with E-state index in [1.807, 2.05) is 6.08 Å². The van der Waals surface area contributed by atoms with Crippen molar-refractivity contribution in [3.63, 3.8) is 0 Å². The Balaban J connectivity index is 1.86. The Kier molecular flexibility index (Phi) is 3.96. The lowest BCUT2D eigenvalue weighted by molar-refractivity contribution is -0.164. The van der Waals surface area contributed by atoms with E-state index in [4.69, 9.17) is 9.47 Å². The highest BCUT2D eigenvalue weighted by atomic mass is 16.6. The van der Waals surface area contributed by atoms with Crippen LogP contribution in [-0.4, -0.2) is 29.9 Å². The van der Waals surface area contributed by atoms with E-state index in [1.54, 1.807) is 6.92 Å². The Morgan fingerprint density at radius 1 is 1.22 bits per heavy atom. The summed E-state index contributed by atoms with van der Waals surface area (Å²) in [7, 11) is 0. The summed E-state index contributed by atoms with van der Waals surface area (Å²) in [6.07, 6.45) is 4.81. The summed E-state index contributed by atoms with van der Waals surface area (Å²) in [5, 5.41) is 0. The Labute approximate surface area is 160 Å². The summed E-state index contributed by atoms with van der Waals surface area (Å²) in [5.74, 6) is -0.652. The molecule has 5 nitrogen and oxygen atoms in total. The van der Waals surface area contributed by atoms with Gasteiger partial charge in [0.1, 0.15) is 12.2 Å². The summed E-state index contributed by atoms with van der Waals surface area (Å²) in [6.45, 7) is 9.79. The number of esters is 2. The minimum absolute atomic E-state index is 0.00339. The molecular formula is C22H28O5. The lowest BCUT2D eigenvalue weighted by Crippen LogP contribution is -2.57. The molecule has 0 aromatic carbocycles. The van der Waals surface area contributed by atoms with Crippen LogP contribution in [0.5, 0.6) is 0 Å². The van der Waals surface area contributed by atoms with E-state index in [-0.39, 0.29) is 40.4 Å². The molecule has 0 radical (unpaired) electrons. The van der Waals surface area contributed by atoms with Crippen LogP contribution in [0.3, 0.4) is 0 Å². The van der Waals surface area contributed by atoms with Gasteiger partial charge >= 0.3 is 11.9 Å². The van der Waals surface area contributed by atoms with Crippen molar-refractivity contribution in [1.29, 1.82) is 0 Å². The number of carbonyl (C=O) groups is 3. The third-order valence-corrected chi connectivity index (χ3v) is 7.47. The number of ether oxygens (including phenoxy) is 2. The lowest BCUT2D eigenvalue weighted by atomic mass is 9.46. The SMILES string of the molecule is CC(=O)O[C@H]1C=C2C(=O)C3=C(C)C(=O)O[C@@H]3C[C@H]2[C@]2(C)CCCC(C)(C)[C@@H]12. The molecule has 5 atom stereocenters. The van der Waals surface area contributed by atoms with E-state index in [0.717, 1.165) is 19.3 Å². The van der Waals surface area contributed by atoms with Gasteiger partial charge < -0.3 is 9.47 Å². The van der Waals surface area contributed by atoms with E-state index in [9.17, 15) is 14.4 Å². The maximum Gasteiger partial charge on any atom is 0.334 e. The van der Waals surface area contributed by atoms with Crippen LogP contribution in [-0.2, 0) is 23.9 Å². The fourth-order valence-corrected chi connectivity index (χ4v) is 6.49. The fraction of sp³-hybridized carbons (Fsp3) is 0.682. The Morgan fingerprint density at radius 2 is 1.93 bits per heavy atom. The quantitative estimate of drug-likeness (QED) is 0.659. The normalized spacial score (nSPS) is 39.8. The molecule has 0 amide bonds. The second-order valence-electron chi connectivity index (χ2n) is 9.57. The van der Waals surface area contributed by atoms with Gasteiger partial charge in [-0.25, -0.2) is 4.79 Å². The van der Waals surface area contributed by atoms with Gasteiger partial charge in [0.05, 0.1) is 5.57 Å². The van der Waals surface area contributed by atoms with Crippen LogP contribution >= 0.6 is 0 Å². The molecular weight excluding hydrogens is 344 g/mol. The zero-order valence-corrected chi connectivity index (χ0v) is 16.8. The third-order valence-electron chi connectivity index (χ3n) is 7.47. The minimum Gasteiger partial charge on any atom is -0.458 e. The molecule has 2 fully saturated rings. The minimum atomic E-state index is -0.431. The van der Waals surface area contributed by atoms with Crippen molar-refractivity contribution in [2.75, 3.05) is 0 Å². The maximum absolute atomic E-state index is 13.3. The van der Waals surface area contributed by atoms with Crippen LogP contribution < -0.4 is 0 Å². The van der Waals surface area contributed by atoms with Crippen LogP contribution in [0.15, 0.2) is 22.8 Å². The summed E-state index contributed by atoms with van der Waals surface area (Å²) in [6, 6.07) is 0. The Morgan fingerprint density at radius 3 is 2.59 bits per heavy atom. The van der Waals surface area contributed by atoms with Gasteiger partial charge in [0.2, 0.25) is 0 Å². The predicted octanol–water partition coefficient (Wildman–Crippen LogP) is 3.52. The fourth-order valence-electron chi connectivity index (χ4n) is 6.49. The third kappa shape index (κ3) is 2.54. The van der Waals surface area contributed by atoms with Gasteiger partial charge in [-0.15, -0.1) is 0 Å². The van der Waals surface area contributed by atoms with Gasteiger partial charge in [-0.1, -0.05) is 27.2 Å². The second kappa shape index (κ2) is 5.79. The number of ketones is 1. The second-order valence-corrected chi connectivity index (χ2v) is 9.57. The molecule has 2 saturated carbocycles. The molecule has 0 N–H and O–H groups in total. The van der Waals surface area contributed by atoms with E-state index in [1.165, 1.54) is 6.92 Å². The number of Topliss-reactive ketones (excluding diaryl/α,β-unsaturated/α-hetero) is 1. The van der Waals surface area contributed by atoms with Crippen molar-refractivity contribution in [1.82, 2.24) is 0 Å². The largest absolute Gasteiger partial charge is 0.458 e. The van der Waals surface area contributed by atoms with Gasteiger partial charge in [-0.2, -0.15) is 0 Å². The maximum atomic E-state index is 13.3. The van der Waals surface area contributed by atoms with E-state index in [0.29, 0.717) is 23.1 Å². The summed E-state index contributed by atoms with van der Waals surface area (Å²) in [4.78, 5) is 37.2. The molecule has 0 spiro atoms. The molecule has 0 bridgehead atoms. The molecule has 1 aliphatic heterocycles. The molecule has 27 heavy (non-hydrogen) atoms. The Bertz CT molecular complexity index is 802. The monoisotopic (exact) mass is 372 g/mol.